The quantitative estimate of drug-likeness (QED) is 0.0435. The zero-order valence-corrected chi connectivity index (χ0v) is 42.9. The molecular formula is C53H66N8O8Si. The fraction of sp³-hybridized carbons (Fsp3) is 0.491. The van der Waals surface area contributed by atoms with Gasteiger partial charge in [-0.3, -0.25) is 33.7 Å². The second-order valence-corrected chi connectivity index (χ2v) is 26.5. The fourth-order valence-corrected chi connectivity index (χ4v) is 10.2. The first-order valence-electron chi connectivity index (χ1n) is 24.5. The number of aromatic nitrogens is 4. The first-order chi connectivity index (χ1) is 33.4. The maximum absolute atomic E-state index is 13.7. The van der Waals surface area contributed by atoms with Crippen LogP contribution in [0.2, 0.25) is 25.7 Å². The molecule has 0 spiro atoms. The highest BCUT2D eigenvalue weighted by molar-refractivity contribution is 6.76. The zero-order valence-electron chi connectivity index (χ0n) is 41.9. The number of piperidine rings is 1. The van der Waals surface area contributed by atoms with Crippen molar-refractivity contribution in [1.82, 2.24) is 34.0 Å². The molecule has 8 rings (SSSR count). The van der Waals surface area contributed by atoms with Crippen LogP contribution in [0.3, 0.4) is 0 Å². The van der Waals surface area contributed by atoms with Gasteiger partial charge in [0.15, 0.2) is 0 Å². The third-order valence-electron chi connectivity index (χ3n) is 13.2. The first-order valence-corrected chi connectivity index (χ1v) is 28.2. The van der Waals surface area contributed by atoms with Gasteiger partial charge in [0.2, 0.25) is 5.91 Å². The molecule has 3 aromatic heterocycles. The van der Waals surface area contributed by atoms with Crippen molar-refractivity contribution < 1.29 is 38.2 Å². The third kappa shape index (κ3) is 11.4. The van der Waals surface area contributed by atoms with Gasteiger partial charge in [0.25, 0.3) is 17.7 Å². The molecule has 5 aromatic rings. The van der Waals surface area contributed by atoms with Gasteiger partial charge >= 0.3 is 6.09 Å². The topological polar surface area (TPSA) is 170 Å². The van der Waals surface area contributed by atoms with Crippen molar-refractivity contribution in [2.75, 3.05) is 45.5 Å². The number of carbonyl (C=O) groups is 5. The van der Waals surface area contributed by atoms with Gasteiger partial charge in [-0.15, -0.1) is 0 Å². The zero-order chi connectivity index (χ0) is 49.9. The maximum atomic E-state index is 13.7. The SMILES string of the molecule is Cc1nn(CCCCCOCC#Cc2cccc3c2CN(C2CCC(=O)N(COCC[Si](C)(C)C)C2=O)C3=O)c2cc(C(=O)Nc3cc4c(cn3)cc([C@H]3CCCN3C)n4C(=O)OC(C)(C)C)ccc12. The smallest absolute Gasteiger partial charge is 0.419 e. The Morgan fingerprint density at radius 3 is 2.51 bits per heavy atom. The number of unbranched alkanes of at least 4 members (excludes halogenated alkanes) is 2. The molecule has 0 radical (unpaired) electrons. The number of anilines is 1. The number of amides is 4. The summed E-state index contributed by atoms with van der Waals surface area (Å²) in [6.07, 6.45) is 6.20. The van der Waals surface area contributed by atoms with Crippen LogP contribution in [0, 0.1) is 18.8 Å². The summed E-state index contributed by atoms with van der Waals surface area (Å²) in [5.41, 5.74) is 5.00. The summed E-state index contributed by atoms with van der Waals surface area (Å²) in [5.74, 6) is 5.38. The maximum Gasteiger partial charge on any atom is 0.419 e. The van der Waals surface area contributed by atoms with Gasteiger partial charge < -0.3 is 24.4 Å². The molecule has 0 aliphatic carbocycles. The summed E-state index contributed by atoms with van der Waals surface area (Å²) in [7, 11) is 0.730. The highest BCUT2D eigenvalue weighted by Crippen LogP contribution is 2.36. The van der Waals surface area contributed by atoms with Crippen LogP contribution < -0.4 is 5.32 Å². The average molecular weight is 971 g/mol. The van der Waals surface area contributed by atoms with E-state index in [1.807, 2.05) is 56.6 Å². The van der Waals surface area contributed by atoms with Crippen LogP contribution in [0.4, 0.5) is 10.6 Å². The highest BCUT2D eigenvalue weighted by Gasteiger charge is 2.43. The van der Waals surface area contributed by atoms with Crippen molar-refractivity contribution in [2.24, 2.45) is 0 Å². The predicted octanol–water partition coefficient (Wildman–Crippen LogP) is 8.52. The lowest BCUT2D eigenvalue weighted by Crippen LogP contribution is -2.55. The number of nitrogens with one attached hydrogen (secondary N) is 1. The molecule has 2 aromatic carbocycles. The van der Waals surface area contributed by atoms with Crippen LogP contribution in [0.15, 0.2) is 54.7 Å². The molecule has 3 aliphatic heterocycles. The van der Waals surface area contributed by atoms with Crippen LogP contribution in [0.25, 0.3) is 21.8 Å². The lowest BCUT2D eigenvalue weighted by molar-refractivity contribution is -0.158. The van der Waals surface area contributed by atoms with Crippen molar-refractivity contribution in [3.8, 4) is 11.8 Å². The van der Waals surface area contributed by atoms with E-state index >= 15 is 0 Å². The summed E-state index contributed by atoms with van der Waals surface area (Å²) >= 11 is 0. The molecule has 370 valence electrons. The third-order valence-corrected chi connectivity index (χ3v) is 14.9. The number of ether oxygens (including phenoxy) is 3. The Kier molecular flexibility index (Phi) is 15.1. The predicted molar refractivity (Wildman–Crippen MR) is 270 cm³/mol. The van der Waals surface area contributed by atoms with Gasteiger partial charge in [0, 0.05) is 86.2 Å². The summed E-state index contributed by atoms with van der Waals surface area (Å²) in [5, 5.41) is 9.50. The van der Waals surface area contributed by atoms with Crippen molar-refractivity contribution in [3.05, 3.63) is 88.4 Å². The van der Waals surface area contributed by atoms with Crippen LogP contribution >= 0.6 is 0 Å². The Hall–Kier alpha value is -6.19. The van der Waals surface area contributed by atoms with E-state index in [4.69, 9.17) is 19.3 Å². The van der Waals surface area contributed by atoms with E-state index < -0.39 is 31.7 Å². The molecule has 16 nitrogen and oxygen atoms in total. The van der Waals surface area contributed by atoms with Gasteiger partial charge in [0.05, 0.1) is 22.8 Å². The minimum Gasteiger partial charge on any atom is -0.443 e. The number of pyridine rings is 1. The number of imide groups is 1. The fourth-order valence-electron chi connectivity index (χ4n) is 9.47. The number of carbonyl (C=O) groups excluding carboxylic acids is 5. The molecule has 2 fully saturated rings. The normalized spacial score (nSPS) is 17.7. The number of hydrogen-bond acceptors (Lipinski definition) is 11. The number of fused-ring (bicyclic) bond motifs is 3. The second-order valence-electron chi connectivity index (χ2n) is 20.9. The summed E-state index contributed by atoms with van der Waals surface area (Å²) in [6, 6.07) is 15.0. The lowest BCUT2D eigenvalue weighted by atomic mass is 10.0. The number of rotatable bonds is 16. The molecule has 17 heteroatoms. The highest BCUT2D eigenvalue weighted by atomic mass is 28.3. The molecule has 70 heavy (non-hydrogen) atoms. The largest absolute Gasteiger partial charge is 0.443 e. The second kappa shape index (κ2) is 21.0. The van der Waals surface area contributed by atoms with Gasteiger partial charge in [-0.25, -0.2) is 14.3 Å². The van der Waals surface area contributed by atoms with Gasteiger partial charge in [-0.1, -0.05) is 43.6 Å². The Balaban J connectivity index is 0.824. The van der Waals surface area contributed by atoms with Gasteiger partial charge in [-0.2, -0.15) is 5.10 Å². The minimum absolute atomic E-state index is 0.0604. The number of hydrogen-bond donors (Lipinski definition) is 1. The molecule has 2 saturated heterocycles. The molecule has 1 N–H and O–H groups in total. The van der Waals surface area contributed by atoms with Crippen molar-refractivity contribution in [3.63, 3.8) is 0 Å². The van der Waals surface area contributed by atoms with E-state index in [1.54, 1.807) is 39.9 Å². The molecule has 1 unspecified atom stereocenters. The van der Waals surface area contributed by atoms with E-state index in [0.717, 1.165) is 88.4 Å². The van der Waals surface area contributed by atoms with Crippen LogP contribution in [0.5, 0.6) is 0 Å². The summed E-state index contributed by atoms with van der Waals surface area (Å²) in [6.45, 7) is 17.2. The van der Waals surface area contributed by atoms with Crippen molar-refractivity contribution >= 4 is 65.4 Å². The summed E-state index contributed by atoms with van der Waals surface area (Å²) in [4.78, 5) is 76.7. The van der Waals surface area contributed by atoms with Gasteiger partial charge in [-0.05, 0) is 122 Å². The van der Waals surface area contributed by atoms with E-state index in [-0.39, 0.29) is 56.5 Å². The number of likely N-dealkylation sites (tertiary alicyclic amines) is 2. The standard InChI is InChI=1S/C53H66N8O8Si/c1-35-39-20-19-37(49(63)55-47-31-44-38(32-54-47)30-46(42-18-13-23-57(42)5)61(44)52(66)69-53(2,3)4)29-45(39)60(56-35)24-10-9-11-25-67-26-14-16-36-15-12-17-40-41(36)33-58(50(40)64)43-21-22-48(62)59(51(43)65)34-68-27-28-70(6,7)8/h12,15,17,19-20,29-32,42-43H,9-11,13,18,21-28,33-34H2,1-8H3,(H,54,55,63)/t42-,43?/m1/s1. The van der Waals surface area contributed by atoms with E-state index in [2.05, 4.69) is 53.7 Å². The molecule has 4 amide bonds. The Morgan fingerprint density at radius 2 is 1.76 bits per heavy atom. The summed E-state index contributed by atoms with van der Waals surface area (Å²) < 4.78 is 21.0. The monoisotopic (exact) mass is 970 g/mol. The molecule has 2 atom stereocenters. The lowest BCUT2D eigenvalue weighted by Gasteiger charge is -2.35. The number of aryl methyl sites for hydroxylation is 2. The number of benzene rings is 2. The van der Waals surface area contributed by atoms with Crippen LogP contribution in [-0.2, 0) is 36.9 Å². The van der Waals surface area contributed by atoms with Gasteiger partial charge in [0.1, 0.15) is 30.8 Å². The molecule has 0 bridgehead atoms. The molecular weight excluding hydrogens is 905 g/mol. The first kappa shape index (κ1) is 50.2. The Labute approximate surface area is 411 Å². The van der Waals surface area contributed by atoms with E-state index in [9.17, 15) is 24.0 Å². The molecule has 3 aliphatic rings. The molecule has 6 heterocycles. The van der Waals surface area contributed by atoms with E-state index in [1.165, 1.54) is 0 Å². The van der Waals surface area contributed by atoms with Crippen molar-refractivity contribution in [2.45, 2.75) is 129 Å². The Bertz CT molecular complexity index is 2880. The average Bonchev–Trinajstić information content (AvgIpc) is 4.07. The van der Waals surface area contributed by atoms with Crippen molar-refractivity contribution in [1.29, 1.82) is 0 Å². The van der Waals surface area contributed by atoms with E-state index in [0.29, 0.717) is 42.2 Å². The Morgan fingerprint density at radius 1 is 0.943 bits per heavy atom. The molecule has 0 saturated carbocycles. The van der Waals surface area contributed by atoms with Crippen LogP contribution in [-0.4, -0.2) is 124 Å². The minimum atomic E-state index is -1.33. The van der Waals surface area contributed by atoms with Crippen LogP contribution in [0.1, 0.15) is 115 Å². The number of nitrogens with zero attached hydrogens (tertiary/aromatic N) is 7.